The highest BCUT2D eigenvalue weighted by atomic mass is 16.4. The average molecular weight is 389 g/mol. The van der Waals surface area contributed by atoms with Gasteiger partial charge >= 0.3 is 0 Å². The summed E-state index contributed by atoms with van der Waals surface area (Å²) < 4.78 is 0. The van der Waals surface area contributed by atoms with Gasteiger partial charge < -0.3 is 20.6 Å². The molecule has 0 aromatic rings. The Kier molecular flexibility index (Phi) is 4.70. The molecule has 0 amide bonds. The zero-order chi connectivity index (χ0) is 20.3. The van der Waals surface area contributed by atoms with E-state index in [4.69, 9.17) is 5.21 Å². The van der Waals surface area contributed by atoms with Crippen LogP contribution in [0.4, 0.5) is 0 Å². The topological polar surface area (TPSA) is 106 Å². The maximum atomic E-state index is 11.4. The smallest absolute Gasteiger partial charge is 0.102 e. The molecule has 3 fully saturated rings. The Bertz CT molecular complexity index is 772. The monoisotopic (exact) mass is 388 g/mol. The van der Waals surface area contributed by atoms with Gasteiger partial charge in [0.05, 0.1) is 18.4 Å². The van der Waals surface area contributed by atoms with Crippen molar-refractivity contribution in [3.63, 3.8) is 0 Å². The van der Waals surface area contributed by atoms with Crippen LogP contribution in [0.5, 0.6) is 0 Å². The summed E-state index contributed by atoms with van der Waals surface area (Å²) in [5.41, 5.74) is 1.85. The molecule has 0 aromatic carbocycles. The third-order valence-corrected chi connectivity index (χ3v) is 8.61. The maximum absolute atomic E-state index is 11.4. The predicted molar refractivity (Wildman–Crippen MR) is 107 cm³/mol. The Hall–Kier alpha value is -1.66. The molecule has 0 unspecified atom stereocenters. The number of aliphatic hydroxyl groups excluding tert-OH is 2. The summed E-state index contributed by atoms with van der Waals surface area (Å²) in [5.74, 6) is 1.21. The molecule has 28 heavy (non-hydrogen) atoms. The van der Waals surface area contributed by atoms with Crippen molar-refractivity contribution in [1.29, 1.82) is 0 Å². The molecule has 0 bridgehead atoms. The fourth-order valence-electron chi connectivity index (χ4n) is 7.67. The SMILES string of the molecule is C[C@@H]1C[C@H]2[C@@H]3CCC4=CC(=NO)C=C[C@]4(C)[C@H]3[C@@H](O)C[C@]2(C)[C@H]1/C(CO)=N/O. The summed E-state index contributed by atoms with van der Waals surface area (Å²) in [6, 6.07) is 0. The lowest BCUT2D eigenvalue weighted by molar-refractivity contribution is -0.109. The zero-order valence-corrected chi connectivity index (χ0v) is 16.9. The number of nitrogens with zero attached hydrogens (tertiary/aromatic N) is 2. The Labute approximate surface area is 166 Å². The van der Waals surface area contributed by atoms with E-state index in [-0.39, 0.29) is 29.3 Å². The van der Waals surface area contributed by atoms with E-state index in [9.17, 15) is 15.4 Å². The van der Waals surface area contributed by atoms with E-state index < -0.39 is 6.10 Å². The minimum Gasteiger partial charge on any atom is -0.411 e. The largest absolute Gasteiger partial charge is 0.411 e. The molecule has 4 aliphatic carbocycles. The molecule has 6 nitrogen and oxygen atoms in total. The molecule has 8 atom stereocenters. The second-order valence-corrected chi connectivity index (χ2v) is 9.86. The van der Waals surface area contributed by atoms with Gasteiger partial charge in [-0.25, -0.2) is 0 Å². The van der Waals surface area contributed by atoms with Crippen LogP contribution in [0.1, 0.15) is 46.5 Å². The Morgan fingerprint density at radius 1 is 1.29 bits per heavy atom. The molecule has 154 valence electrons. The van der Waals surface area contributed by atoms with E-state index in [1.807, 2.05) is 12.2 Å². The van der Waals surface area contributed by atoms with Gasteiger partial charge in [-0.2, -0.15) is 0 Å². The average Bonchev–Trinajstić information content (AvgIpc) is 2.92. The molecule has 0 spiro atoms. The highest BCUT2D eigenvalue weighted by Crippen LogP contribution is 2.67. The molecule has 0 saturated heterocycles. The lowest BCUT2D eigenvalue weighted by Gasteiger charge is -2.58. The fraction of sp³-hybridized carbons (Fsp3) is 0.727. The van der Waals surface area contributed by atoms with Crippen molar-refractivity contribution in [2.75, 3.05) is 6.61 Å². The molecular weight excluding hydrogens is 356 g/mol. The second-order valence-electron chi connectivity index (χ2n) is 9.86. The molecule has 4 aliphatic rings. The van der Waals surface area contributed by atoms with E-state index in [1.54, 1.807) is 0 Å². The van der Waals surface area contributed by atoms with Crippen LogP contribution in [-0.2, 0) is 0 Å². The van der Waals surface area contributed by atoms with Gasteiger partial charge in [-0.15, -0.1) is 0 Å². The first kappa shape index (κ1) is 19.6. The minimum absolute atomic E-state index is 0.0112. The number of fused-ring (bicyclic) bond motifs is 5. The summed E-state index contributed by atoms with van der Waals surface area (Å²) in [7, 11) is 0. The van der Waals surface area contributed by atoms with Gasteiger partial charge in [0.25, 0.3) is 0 Å². The summed E-state index contributed by atoms with van der Waals surface area (Å²) in [6.07, 6.45) is 9.07. The first-order chi connectivity index (χ1) is 13.3. The van der Waals surface area contributed by atoms with Gasteiger partial charge in [0.2, 0.25) is 0 Å². The molecule has 3 saturated carbocycles. The minimum atomic E-state index is -0.469. The van der Waals surface area contributed by atoms with Gasteiger partial charge in [0.15, 0.2) is 0 Å². The number of rotatable bonds is 2. The lowest BCUT2D eigenvalue weighted by Crippen LogP contribution is -2.56. The quantitative estimate of drug-likeness (QED) is 0.331. The highest BCUT2D eigenvalue weighted by molar-refractivity contribution is 6.05. The van der Waals surface area contributed by atoms with Gasteiger partial charge in [0, 0.05) is 17.3 Å². The van der Waals surface area contributed by atoms with Crippen molar-refractivity contribution in [2.24, 2.45) is 50.7 Å². The fourth-order valence-corrected chi connectivity index (χ4v) is 7.67. The normalized spacial score (nSPS) is 49.4. The van der Waals surface area contributed by atoms with Crippen LogP contribution in [0.15, 0.2) is 34.1 Å². The van der Waals surface area contributed by atoms with E-state index in [1.165, 1.54) is 5.57 Å². The standard InChI is InChI=1S/C22H32N2O4/c1-12-8-16-15-5-4-13-9-14(23-27)6-7-21(13,2)20(15)18(26)10-22(16,3)19(12)17(11-25)24-28/h6-7,9,12,15-16,18-20,25-28H,4-5,8,10-11H2,1-3H3/b23-14?,24-17+/t12-,15+,16+,18+,19-,20-,21+,22+/m1/s1. The van der Waals surface area contributed by atoms with Gasteiger partial charge in [-0.05, 0) is 61.0 Å². The number of aliphatic hydroxyl groups is 2. The van der Waals surface area contributed by atoms with Crippen LogP contribution in [-0.4, -0.2) is 44.8 Å². The van der Waals surface area contributed by atoms with Crippen molar-refractivity contribution >= 4 is 11.4 Å². The molecule has 4 rings (SSSR count). The van der Waals surface area contributed by atoms with Gasteiger partial charge in [0.1, 0.15) is 5.71 Å². The molecule has 0 aromatic heterocycles. The van der Waals surface area contributed by atoms with Crippen molar-refractivity contribution in [3.8, 4) is 0 Å². The predicted octanol–water partition coefficient (Wildman–Crippen LogP) is 3.21. The van der Waals surface area contributed by atoms with E-state index >= 15 is 0 Å². The molecule has 0 heterocycles. The van der Waals surface area contributed by atoms with Gasteiger partial charge in [-0.1, -0.05) is 42.7 Å². The van der Waals surface area contributed by atoms with Crippen LogP contribution in [0.25, 0.3) is 0 Å². The van der Waals surface area contributed by atoms with E-state index in [0.29, 0.717) is 35.6 Å². The van der Waals surface area contributed by atoms with Crippen molar-refractivity contribution in [2.45, 2.75) is 52.6 Å². The van der Waals surface area contributed by atoms with Crippen LogP contribution in [0, 0.1) is 40.4 Å². The summed E-state index contributed by atoms with van der Waals surface area (Å²) in [5, 5.41) is 46.5. The second kappa shape index (κ2) is 6.70. The van der Waals surface area contributed by atoms with Gasteiger partial charge in [-0.3, -0.25) is 0 Å². The molecule has 0 radical (unpaired) electrons. The summed E-state index contributed by atoms with van der Waals surface area (Å²) in [4.78, 5) is 0. The molecule has 6 heteroatoms. The molecule has 4 N–H and O–H groups in total. The molecular formula is C22H32N2O4. The number of hydrogen-bond acceptors (Lipinski definition) is 6. The van der Waals surface area contributed by atoms with Crippen LogP contribution < -0.4 is 0 Å². The van der Waals surface area contributed by atoms with Crippen LogP contribution in [0.3, 0.4) is 0 Å². The first-order valence-electron chi connectivity index (χ1n) is 10.4. The van der Waals surface area contributed by atoms with Crippen molar-refractivity contribution < 1.29 is 20.6 Å². The first-order valence-corrected chi connectivity index (χ1v) is 10.4. The van der Waals surface area contributed by atoms with Crippen LogP contribution >= 0.6 is 0 Å². The number of hydrogen-bond donors (Lipinski definition) is 4. The Morgan fingerprint density at radius 3 is 2.68 bits per heavy atom. The summed E-state index contributed by atoms with van der Waals surface area (Å²) >= 11 is 0. The zero-order valence-electron chi connectivity index (χ0n) is 16.9. The number of oxime groups is 2. The van der Waals surface area contributed by atoms with Crippen LogP contribution in [0.2, 0.25) is 0 Å². The summed E-state index contributed by atoms with van der Waals surface area (Å²) in [6.45, 7) is 6.36. The lowest BCUT2D eigenvalue weighted by atomic mass is 9.46. The third-order valence-electron chi connectivity index (χ3n) is 8.61. The maximum Gasteiger partial charge on any atom is 0.102 e. The Balaban J connectivity index is 1.73. The van der Waals surface area contributed by atoms with E-state index in [2.05, 4.69) is 37.2 Å². The molecule has 0 aliphatic heterocycles. The third kappa shape index (κ3) is 2.53. The highest BCUT2D eigenvalue weighted by Gasteiger charge is 2.63. The van der Waals surface area contributed by atoms with Crippen molar-refractivity contribution in [3.05, 3.63) is 23.8 Å². The number of allylic oxidation sites excluding steroid dienone is 4. The van der Waals surface area contributed by atoms with Crippen molar-refractivity contribution in [1.82, 2.24) is 0 Å². The van der Waals surface area contributed by atoms with E-state index in [0.717, 1.165) is 19.3 Å². The Morgan fingerprint density at radius 2 is 2.04 bits per heavy atom.